The SMILES string of the molecule is CCOC(=O)CCNC(=O)C1CCOCC1. The fourth-order valence-electron chi connectivity index (χ4n) is 1.63. The van der Waals surface area contributed by atoms with Crippen molar-refractivity contribution >= 4 is 11.9 Å². The third-order valence-electron chi connectivity index (χ3n) is 2.53. The molecule has 1 fully saturated rings. The molecule has 1 amide bonds. The van der Waals surface area contributed by atoms with E-state index in [9.17, 15) is 9.59 Å². The van der Waals surface area contributed by atoms with Gasteiger partial charge in [-0.05, 0) is 19.8 Å². The summed E-state index contributed by atoms with van der Waals surface area (Å²) < 4.78 is 9.93. The minimum Gasteiger partial charge on any atom is -0.466 e. The molecule has 1 N–H and O–H groups in total. The number of amides is 1. The summed E-state index contributed by atoms with van der Waals surface area (Å²) >= 11 is 0. The Balaban J connectivity index is 2.12. The van der Waals surface area contributed by atoms with Gasteiger partial charge in [-0.25, -0.2) is 0 Å². The van der Waals surface area contributed by atoms with Crippen molar-refractivity contribution in [1.82, 2.24) is 5.32 Å². The van der Waals surface area contributed by atoms with Crippen LogP contribution < -0.4 is 5.32 Å². The van der Waals surface area contributed by atoms with Crippen molar-refractivity contribution in [2.24, 2.45) is 5.92 Å². The number of carbonyl (C=O) groups is 2. The highest BCUT2D eigenvalue weighted by Crippen LogP contribution is 2.14. The van der Waals surface area contributed by atoms with Crippen molar-refractivity contribution < 1.29 is 19.1 Å². The largest absolute Gasteiger partial charge is 0.466 e. The topological polar surface area (TPSA) is 64.6 Å². The van der Waals surface area contributed by atoms with Gasteiger partial charge in [0.15, 0.2) is 0 Å². The van der Waals surface area contributed by atoms with E-state index in [0.29, 0.717) is 26.4 Å². The Labute approximate surface area is 95.5 Å². The molecule has 0 atom stereocenters. The highest BCUT2D eigenvalue weighted by Gasteiger charge is 2.21. The Bertz CT molecular complexity index is 236. The van der Waals surface area contributed by atoms with Gasteiger partial charge in [-0.3, -0.25) is 9.59 Å². The summed E-state index contributed by atoms with van der Waals surface area (Å²) in [5.41, 5.74) is 0. The van der Waals surface area contributed by atoms with E-state index < -0.39 is 0 Å². The number of hydrogen-bond acceptors (Lipinski definition) is 4. The summed E-state index contributed by atoms with van der Waals surface area (Å²) in [6.07, 6.45) is 1.78. The molecule has 1 aliphatic heterocycles. The van der Waals surface area contributed by atoms with Crippen LogP contribution in [0.25, 0.3) is 0 Å². The molecule has 1 rings (SSSR count). The molecule has 92 valence electrons. The van der Waals surface area contributed by atoms with Crippen LogP contribution in [0.5, 0.6) is 0 Å². The maximum absolute atomic E-state index is 11.6. The van der Waals surface area contributed by atoms with E-state index in [2.05, 4.69) is 5.32 Å². The van der Waals surface area contributed by atoms with Crippen LogP contribution in [-0.4, -0.2) is 38.2 Å². The zero-order chi connectivity index (χ0) is 11.8. The number of rotatable bonds is 5. The lowest BCUT2D eigenvalue weighted by atomic mass is 9.99. The Hall–Kier alpha value is -1.10. The van der Waals surface area contributed by atoms with E-state index in [1.807, 2.05) is 0 Å². The predicted octanol–water partition coefficient (Wildman–Crippen LogP) is 0.482. The second-order valence-electron chi connectivity index (χ2n) is 3.73. The maximum Gasteiger partial charge on any atom is 0.307 e. The van der Waals surface area contributed by atoms with Gasteiger partial charge in [0.2, 0.25) is 5.91 Å². The molecule has 0 aromatic heterocycles. The van der Waals surface area contributed by atoms with Crippen LogP contribution in [0.2, 0.25) is 0 Å². The molecule has 0 aromatic carbocycles. The zero-order valence-electron chi connectivity index (χ0n) is 9.66. The van der Waals surface area contributed by atoms with Gasteiger partial charge >= 0.3 is 5.97 Å². The first-order valence-electron chi connectivity index (χ1n) is 5.75. The number of nitrogens with one attached hydrogen (secondary N) is 1. The Kier molecular flexibility index (Phi) is 5.85. The maximum atomic E-state index is 11.6. The number of carbonyl (C=O) groups excluding carboxylic acids is 2. The van der Waals surface area contributed by atoms with E-state index in [0.717, 1.165) is 12.8 Å². The third kappa shape index (κ3) is 4.61. The molecule has 0 aromatic rings. The summed E-state index contributed by atoms with van der Waals surface area (Å²) in [6.45, 7) is 3.80. The minimum atomic E-state index is -0.269. The van der Waals surface area contributed by atoms with Crippen LogP contribution >= 0.6 is 0 Å². The van der Waals surface area contributed by atoms with E-state index in [-0.39, 0.29) is 24.2 Å². The average molecular weight is 229 g/mol. The molecule has 0 spiro atoms. The second-order valence-corrected chi connectivity index (χ2v) is 3.73. The number of esters is 1. The normalized spacial score (nSPS) is 16.8. The van der Waals surface area contributed by atoms with Crippen molar-refractivity contribution in [3.8, 4) is 0 Å². The van der Waals surface area contributed by atoms with Gasteiger partial charge in [0.05, 0.1) is 13.0 Å². The van der Waals surface area contributed by atoms with Gasteiger partial charge in [-0.15, -0.1) is 0 Å². The molecule has 1 heterocycles. The average Bonchev–Trinajstić information content (AvgIpc) is 2.30. The molecular weight excluding hydrogens is 210 g/mol. The molecule has 1 saturated heterocycles. The lowest BCUT2D eigenvalue weighted by Crippen LogP contribution is -2.35. The van der Waals surface area contributed by atoms with Crippen molar-refractivity contribution in [2.75, 3.05) is 26.4 Å². The van der Waals surface area contributed by atoms with E-state index >= 15 is 0 Å². The molecular formula is C11H19NO4. The van der Waals surface area contributed by atoms with Crippen LogP contribution in [0.3, 0.4) is 0 Å². The summed E-state index contributed by atoms with van der Waals surface area (Å²) in [4.78, 5) is 22.6. The lowest BCUT2D eigenvalue weighted by molar-refractivity contribution is -0.143. The Morgan fingerprint density at radius 2 is 2.06 bits per heavy atom. The van der Waals surface area contributed by atoms with Crippen LogP contribution in [-0.2, 0) is 19.1 Å². The summed E-state index contributed by atoms with van der Waals surface area (Å²) in [6, 6.07) is 0. The minimum absolute atomic E-state index is 0.0209. The monoisotopic (exact) mass is 229 g/mol. The van der Waals surface area contributed by atoms with Crippen LogP contribution in [0.4, 0.5) is 0 Å². The smallest absolute Gasteiger partial charge is 0.307 e. The number of hydrogen-bond donors (Lipinski definition) is 1. The molecule has 0 radical (unpaired) electrons. The Morgan fingerprint density at radius 1 is 1.38 bits per heavy atom. The van der Waals surface area contributed by atoms with E-state index in [4.69, 9.17) is 9.47 Å². The quantitative estimate of drug-likeness (QED) is 0.696. The fourth-order valence-corrected chi connectivity index (χ4v) is 1.63. The zero-order valence-corrected chi connectivity index (χ0v) is 9.66. The summed E-state index contributed by atoms with van der Waals surface area (Å²) in [7, 11) is 0. The summed E-state index contributed by atoms with van der Waals surface area (Å²) in [5.74, 6) is -0.210. The van der Waals surface area contributed by atoms with Gasteiger partial charge in [0.1, 0.15) is 0 Å². The van der Waals surface area contributed by atoms with Crippen molar-refractivity contribution in [1.29, 1.82) is 0 Å². The molecule has 1 aliphatic rings. The fraction of sp³-hybridized carbons (Fsp3) is 0.818. The Morgan fingerprint density at radius 3 is 2.69 bits per heavy atom. The molecule has 0 saturated carbocycles. The first kappa shape index (κ1) is 13.0. The lowest BCUT2D eigenvalue weighted by Gasteiger charge is -2.21. The van der Waals surface area contributed by atoms with Gasteiger partial charge in [0, 0.05) is 25.7 Å². The molecule has 5 heteroatoms. The van der Waals surface area contributed by atoms with Crippen molar-refractivity contribution in [3.63, 3.8) is 0 Å². The highest BCUT2D eigenvalue weighted by molar-refractivity contribution is 5.79. The number of ether oxygens (including phenoxy) is 2. The predicted molar refractivity (Wildman–Crippen MR) is 57.8 cm³/mol. The van der Waals surface area contributed by atoms with E-state index in [1.165, 1.54) is 0 Å². The molecule has 5 nitrogen and oxygen atoms in total. The van der Waals surface area contributed by atoms with Crippen LogP contribution in [0.15, 0.2) is 0 Å². The molecule has 16 heavy (non-hydrogen) atoms. The standard InChI is InChI=1S/C11H19NO4/c1-2-16-10(13)3-6-12-11(14)9-4-7-15-8-5-9/h9H,2-8H2,1H3,(H,12,14). The van der Waals surface area contributed by atoms with Gasteiger partial charge in [-0.1, -0.05) is 0 Å². The van der Waals surface area contributed by atoms with Crippen molar-refractivity contribution in [2.45, 2.75) is 26.2 Å². The van der Waals surface area contributed by atoms with Crippen molar-refractivity contribution in [3.05, 3.63) is 0 Å². The van der Waals surface area contributed by atoms with Crippen LogP contribution in [0.1, 0.15) is 26.2 Å². The van der Waals surface area contributed by atoms with Gasteiger partial charge in [-0.2, -0.15) is 0 Å². The van der Waals surface area contributed by atoms with Crippen LogP contribution in [0, 0.1) is 5.92 Å². The molecule has 0 aliphatic carbocycles. The molecule has 0 unspecified atom stereocenters. The highest BCUT2D eigenvalue weighted by atomic mass is 16.5. The first-order valence-corrected chi connectivity index (χ1v) is 5.75. The summed E-state index contributed by atoms with van der Waals surface area (Å²) in [5, 5.41) is 2.75. The third-order valence-corrected chi connectivity index (χ3v) is 2.53. The van der Waals surface area contributed by atoms with Gasteiger partial charge in [0.25, 0.3) is 0 Å². The van der Waals surface area contributed by atoms with Gasteiger partial charge < -0.3 is 14.8 Å². The second kappa shape index (κ2) is 7.22. The molecule has 0 bridgehead atoms. The van der Waals surface area contributed by atoms with E-state index in [1.54, 1.807) is 6.92 Å². The first-order chi connectivity index (χ1) is 7.74.